The second-order valence-corrected chi connectivity index (χ2v) is 4.79. The van der Waals surface area contributed by atoms with Crippen LogP contribution in [0.25, 0.3) is 10.1 Å². The van der Waals surface area contributed by atoms with E-state index in [2.05, 4.69) is 35.0 Å². The zero-order chi connectivity index (χ0) is 9.38. The Bertz CT molecular complexity index is 440. The third-order valence-electron chi connectivity index (χ3n) is 3.01. The molecule has 0 unspecified atom stereocenters. The van der Waals surface area contributed by atoms with Crippen LogP contribution in [0.1, 0.15) is 17.9 Å². The highest BCUT2D eigenvalue weighted by Gasteiger charge is 2.19. The van der Waals surface area contributed by atoms with E-state index in [0.29, 0.717) is 0 Å². The quantitative estimate of drug-likeness (QED) is 0.751. The molecule has 2 heterocycles. The molecule has 0 amide bonds. The van der Waals surface area contributed by atoms with Gasteiger partial charge in [0, 0.05) is 11.2 Å². The van der Waals surface area contributed by atoms with E-state index in [9.17, 15) is 0 Å². The summed E-state index contributed by atoms with van der Waals surface area (Å²) in [7, 11) is 0. The molecule has 1 fully saturated rings. The van der Waals surface area contributed by atoms with Crippen LogP contribution in [0.4, 0.5) is 0 Å². The van der Waals surface area contributed by atoms with Crippen molar-refractivity contribution in [2.45, 2.75) is 12.3 Å². The highest BCUT2D eigenvalue weighted by atomic mass is 32.1. The van der Waals surface area contributed by atoms with Crippen molar-refractivity contribution in [2.24, 2.45) is 0 Å². The number of fused-ring (bicyclic) bond motifs is 1. The van der Waals surface area contributed by atoms with Crippen molar-refractivity contribution in [3.63, 3.8) is 0 Å². The highest BCUT2D eigenvalue weighted by Crippen LogP contribution is 2.33. The van der Waals surface area contributed by atoms with Gasteiger partial charge in [0.15, 0.2) is 0 Å². The molecule has 2 heteroatoms. The largest absolute Gasteiger partial charge is 0.316 e. The van der Waals surface area contributed by atoms with E-state index in [1.807, 2.05) is 11.3 Å². The minimum atomic E-state index is 0.742. The first-order chi connectivity index (χ1) is 6.95. The number of nitrogens with one attached hydrogen (secondary N) is 1. The molecule has 1 aliphatic heterocycles. The summed E-state index contributed by atoms with van der Waals surface area (Å²) in [6, 6.07) is 8.72. The van der Waals surface area contributed by atoms with Crippen LogP contribution < -0.4 is 5.32 Å². The minimum Gasteiger partial charge on any atom is -0.316 e. The van der Waals surface area contributed by atoms with Gasteiger partial charge in [-0.2, -0.15) is 0 Å². The third-order valence-corrected chi connectivity index (χ3v) is 3.99. The molecule has 2 aromatic rings. The molecular formula is C12H13NS. The molecule has 1 nitrogen and oxygen atoms in total. The van der Waals surface area contributed by atoms with Gasteiger partial charge in [-0.05, 0) is 41.3 Å². The van der Waals surface area contributed by atoms with Crippen LogP contribution >= 0.6 is 11.3 Å². The molecular weight excluding hydrogens is 190 g/mol. The molecule has 14 heavy (non-hydrogen) atoms. The lowest BCUT2D eigenvalue weighted by Gasteiger charge is -2.06. The van der Waals surface area contributed by atoms with Gasteiger partial charge in [-0.1, -0.05) is 18.2 Å². The summed E-state index contributed by atoms with van der Waals surface area (Å²) in [6.07, 6.45) is 1.29. The zero-order valence-corrected chi connectivity index (χ0v) is 8.81. The van der Waals surface area contributed by atoms with E-state index >= 15 is 0 Å². The minimum absolute atomic E-state index is 0.742. The van der Waals surface area contributed by atoms with Crippen molar-refractivity contribution < 1.29 is 0 Å². The predicted molar refractivity (Wildman–Crippen MR) is 62.1 cm³/mol. The van der Waals surface area contributed by atoms with Gasteiger partial charge in [0.25, 0.3) is 0 Å². The van der Waals surface area contributed by atoms with Crippen LogP contribution in [0.3, 0.4) is 0 Å². The van der Waals surface area contributed by atoms with Crippen molar-refractivity contribution in [3.05, 3.63) is 35.2 Å². The van der Waals surface area contributed by atoms with Gasteiger partial charge in [0.05, 0.1) is 0 Å². The van der Waals surface area contributed by atoms with Gasteiger partial charge in [-0.25, -0.2) is 0 Å². The average Bonchev–Trinajstić information content (AvgIpc) is 2.85. The number of hydrogen-bond donors (Lipinski definition) is 1. The predicted octanol–water partition coefficient (Wildman–Crippen LogP) is 2.98. The number of hydrogen-bond acceptors (Lipinski definition) is 2. The van der Waals surface area contributed by atoms with Crippen LogP contribution in [0.2, 0.25) is 0 Å². The Morgan fingerprint density at radius 2 is 2.21 bits per heavy atom. The molecule has 1 aromatic carbocycles. The van der Waals surface area contributed by atoms with Crippen molar-refractivity contribution in [2.75, 3.05) is 13.1 Å². The van der Waals surface area contributed by atoms with E-state index in [1.54, 1.807) is 5.56 Å². The second-order valence-electron chi connectivity index (χ2n) is 3.88. The number of benzene rings is 1. The fraction of sp³-hybridized carbons (Fsp3) is 0.333. The lowest BCUT2D eigenvalue weighted by atomic mass is 9.98. The summed E-state index contributed by atoms with van der Waals surface area (Å²) in [6.45, 7) is 2.33. The fourth-order valence-corrected chi connectivity index (χ4v) is 3.28. The first kappa shape index (κ1) is 8.45. The summed E-state index contributed by atoms with van der Waals surface area (Å²) in [4.78, 5) is 0. The molecule has 0 spiro atoms. The molecule has 0 aliphatic carbocycles. The normalized spacial score (nSPS) is 21.9. The summed E-state index contributed by atoms with van der Waals surface area (Å²) in [5.41, 5.74) is 1.55. The lowest BCUT2D eigenvalue weighted by Crippen LogP contribution is -2.07. The van der Waals surface area contributed by atoms with Crippen molar-refractivity contribution in [3.8, 4) is 0 Å². The van der Waals surface area contributed by atoms with Gasteiger partial charge in [0.2, 0.25) is 0 Å². The molecule has 1 aliphatic rings. The summed E-state index contributed by atoms with van der Waals surface area (Å²) in [5, 5.41) is 7.23. The van der Waals surface area contributed by atoms with E-state index in [4.69, 9.17) is 0 Å². The molecule has 1 aromatic heterocycles. The Kier molecular flexibility index (Phi) is 2.03. The lowest BCUT2D eigenvalue weighted by molar-refractivity contribution is 0.772. The molecule has 72 valence electrons. The summed E-state index contributed by atoms with van der Waals surface area (Å²) >= 11 is 1.87. The Morgan fingerprint density at radius 1 is 1.29 bits per heavy atom. The van der Waals surface area contributed by atoms with Gasteiger partial charge in [-0.3, -0.25) is 0 Å². The second kappa shape index (κ2) is 3.37. The Hall–Kier alpha value is -0.860. The number of thiophene rings is 1. The SMILES string of the molecule is c1ccc2c([C@H]3CCNC3)csc2c1. The van der Waals surface area contributed by atoms with Crippen LogP contribution in [-0.2, 0) is 0 Å². The molecule has 3 rings (SSSR count). The standard InChI is InChI=1S/C12H13NS/c1-2-4-12-10(3-1)11(8-14-12)9-5-6-13-7-9/h1-4,8-9,13H,5-7H2/t9-/m0/s1. The van der Waals surface area contributed by atoms with Crippen molar-refractivity contribution in [1.29, 1.82) is 0 Å². The monoisotopic (exact) mass is 203 g/mol. The number of rotatable bonds is 1. The van der Waals surface area contributed by atoms with Crippen LogP contribution in [0.15, 0.2) is 29.6 Å². The van der Waals surface area contributed by atoms with Gasteiger partial charge in [0.1, 0.15) is 0 Å². The maximum absolute atomic E-state index is 3.43. The molecule has 0 radical (unpaired) electrons. The van der Waals surface area contributed by atoms with Gasteiger partial charge < -0.3 is 5.32 Å². The molecule has 1 N–H and O–H groups in total. The average molecular weight is 203 g/mol. The smallest absolute Gasteiger partial charge is 0.0345 e. The molecule has 0 saturated carbocycles. The van der Waals surface area contributed by atoms with Crippen LogP contribution in [0.5, 0.6) is 0 Å². The first-order valence-corrected chi connectivity index (χ1v) is 6.00. The van der Waals surface area contributed by atoms with E-state index < -0.39 is 0 Å². The van der Waals surface area contributed by atoms with E-state index in [1.165, 1.54) is 23.1 Å². The van der Waals surface area contributed by atoms with Crippen molar-refractivity contribution in [1.82, 2.24) is 5.32 Å². The molecule has 0 bridgehead atoms. The fourth-order valence-electron chi connectivity index (χ4n) is 2.23. The highest BCUT2D eigenvalue weighted by molar-refractivity contribution is 7.17. The zero-order valence-electron chi connectivity index (χ0n) is 7.99. The summed E-state index contributed by atoms with van der Waals surface area (Å²) < 4.78 is 1.43. The van der Waals surface area contributed by atoms with Gasteiger partial charge >= 0.3 is 0 Å². The van der Waals surface area contributed by atoms with E-state index in [0.717, 1.165) is 12.5 Å². The Morgan fingerprint density at radius 3 is 3.07 bits per heavy atom. The van der Waals surface area contributed by atoms with Crippen molar-refractivity contribution >= 4 is 21.4 Å². The van der Waals surface area contributed by atoms with Crippen LogP contribution in [0, 0.1) is 0 Å². The third kappa shape index (κ3) is 1.26. The summed E-state index contributed by atoms with van der Waals surface area (Å²) in [5.74, 6) is 0.742. The maximum atomic E-state index is 3.43. The van der Waals surface area contributed by atoms with Crippen LogP contribution in [-0.4, -0.2) is 13.1 Å². The topological polar surface area (TPSA) is 12.0 Å². The maximum Gasteiger partial charge on any atom is 0.0345 e. The Balaban J connectivity index is 2.11. The molecule has 1 atom stereocenters. The van der Waals surface area contributed by atoms with Gasteiger partial charge in [-0.15, -0.1) is 11.3 Å². The van der Waals surface area contributed by atoms with E-state index in [-0.39, 0.29) is 0 Å². The Labute approximate surface area is 87.8 Å². The molecule has 1 saturated heterocycles. The first-order valence-electron chi connectivity index (χ1n) is 5.12.